The van der Waals surface area contributed by atoms with Gasteiger partial charge in [0.1, 0.15) is 5.69 Å². The number of nitrogens with zero attached hydrogens (tertiary/aromatic N) is 4. The molecule has 7 heteroatoms. The lowest BCUT2D eigenvalue weighted by Gasteiger charge is -2.10. The minimum absolute atomic E-state index is 0.0964. The second-order valence-corrected chi connectivity index (χ2v) is 7.34. The maximum absolute atomic E-state index is 12.4. The second kappa shape index (κ2) is 8.70. The molecule has 0 spiro atoms. The number of pyridine rings is 1. The predicted octanol–water partition coefficient (Wildman–Crippen LogP) is 4.37. The fourth-order valence-electron chi connectivity index (χ4n) is 2.80. The number of nitrogens with one attached hydrogen (secondary N) is 1. The van der Waals surface area contributed by atoms with E-state index in [-0.39, 0.29) is 11.7 Å². The van der Waals surface area contributed by atoms with Crippen LogP contribution >= 0.6 is 11.8 Å². The first-order chi connectivity index (χ1) is 14.2. The van der Waals surface area contributed by atoms with Crippen LogP contribution in [0.1, 0.15) is 5.56 Å². The van der Waals surface area contributed by atoms with E-state index in [1.807, 2.05) is 84.3 Å². The molecule has 1 amide bonds. The lowest BCUT2D eigenvalue weighted by atomic mass is 10.2. The molecule has 144 valence electrons. The molecule has 0 aliphatic carbocycles. The SMILES string of the molecule is Cc1ccc(NC(=O)CSc2nnc(-c3ccccn3)n2-c2ccccc2)cc1. The Morgan fingerprint density at radius 3 is 2.45 bits per heavy atom. The third-order valence-corrected chi connectivity index (χ3v) is 5.14. The van der Waals surface area contributed by atoms with Gasteiger partial charge in [0.05, 0.1) is 5.75 Å². The molecule has 0 radical (unpaired) electrons. The fraction of sp³-hybridized carbons (Fsp3) is 0.0909. The third-order valence-electron chi connectivity index (χ3n) is 4.21. The van der Waals surface area contributed by atoms with Crippen LogP contribution in [0.3, 0.4) is 0 Å². The first kappa shape index (κ1) is 18.9. The van der Waals surface area contributed by atoms with Gasteiger partial charge in [-0.3, -0.25) is 14.3 Å². The van der Waals surface area contributed by atoms with E-state index in [0.717, 1.165) is 22.6 Å². The Bertz CT molecular complexity index is 1100. The van der Waals surface area contributed by atoms with Crippen LogP contribution < -0.4 is 5.32 Å². The highest BCUT2D eigenvalue weighted by molar-refractivity contribution is 7.99. The molecule has 2 aromatic heterocycles. The van der Waals surface area contributed by atoms with Gasteiger partial charge in [-0.2, -0.15) is 0 Å². The summed E-state index contributed by atoms with van der Waals surface area (Å²) in [6.45, 7) is 2.01. The maximum atomic E-state index is 12.4. The number of aromatic nitrogens is 4. The first-order valence-electron chi connectivity index (χ1n) is 9.12. The van der Waals surface area contributed by atoms with Crippen LogP contribution in [0.15, 0.2) is 84.1 Å². The first-order valence-corrected chi connectivity index (χ1v) is 10.1. The van der Waals surface area contributed by atoms with Crippen molar-refractivity contribution in [3.8, 4) is 17.2 Å². The minimum Gasteiger partial charge on any atom is -0.325 e. The van der Waals surface area contributed by atoms with Crippen molar-refractivity contribution >= 4 is 23.4 Å². The number of anilines is 1. The number of thioether (sulfide) groups is 1. The number of benzene rings is 2. The molecule has 0 bridgehead atoms. The summed E-state index contributed by atoms with van der Waals surface area (Å²) in [4.78, 5) is 16.8. The number of carbonyl (C=O) groups is 1. The van der Waals surface area contributed by atoms with E-state index in [9.17, 15) is 4.79 Å². The van der Waals surface area contributed by atoms with Gasteiger partial charge in [-0.25, -0.2) is 0 Å². The lowest BCUT2D eigenvalue weighted by Crippen LogP contribution is -2.14. The van der Waals surface area contributed by atoms with Crippen molar-refractivity contribution in [1.82, 2.24) is 19.7 Å². The number of carbonyl (C=O) groups excluding carboxylic acids is 1. The molecular formula is C22H19N5OS. The number of hydrogen-bond donors (Lipinski definition) is 1. The zero-order valence-corrected chi connectivity index (χ0v) is 16.6. The number of para-hydroxylation sites is 1. The Hall–Kier alpha value is -3.45. The molecule has 0 aliphatic rings. The summed E-state index contributed by atoms with van der Waals surface area (Å²) in [6, 6.07) is 23.2. The van der Waals surface area contributed by atoms with Crippen molar-refractivity contribution in [2.75, 3.05) is 11.1 Å². The summed E-state index contributed by atoms with van der Waals surface area (Å²) < 4.78 is 1.92. The van der Waals surface area contributed by atoms with E-state index in [2.05, 4.69) is 20.5 Å². The number of hydrogen-bond acceptors (Lipinski definition) is 5. The molecule has 0 fully saturated rings. The van der Waals surface area contributed by atoms with Crippen LogP contribution in [0.2, 0.25) is 0 Å². The normalized spacial score (nSPS) is 10.7. The molecule has 6 nitrogen and oxygen atoms in total. The molecular weight excluding hydrogens is 382 g/mol. The highest BCUT2D eigenvalue weighted by Crippen LogP contribution is 2.27. The van der Waals surface area contributed by atoms with E-state index >= 15 is 0 Å². The zero-order chi connectivity index (χ0) is 20.1. The van der Waals surface area contributed by atoms with E-state index in [0.29, 0.717) is 11.0 Å². The minimum atomic E-state index is -0.0964. The Kier molecular flexibility index (Phi) is 5.67. The molecule has 2 heterocycles. The Labute approximate surface area is 173 Å². The van der Waals surface area contributed by atoms with Gasteiger partial charge in [0, 0.05) is 17.6 Å². The number of rotatable bonds is 6. The fourth-order valence-corrected chi connectivity index (χ4v) is 3.55. The molecule has 4 rings (SSSR count). The molecule has 0 unspecified atom stereocenters. The van der Waals surface area contributed by atoms with Gasteiger partial charge in [-0.15, -0.1) is 10.2 Å². The van der Waals surface area contributed by atoms with Crippen molar-refractivity contribution in [3.05, 3.63) is 84.6 Å². The van der Waals surface area contributed by atoms with Crippen molar-refractivity contribution in [3.63, 3.8) is 0 Å². The molecule has 0 aliphatic heterocycles. The molecule has 2 aromatic carbocycles. The van der Waals surface area contributed by atoms with Gasteiger partial charge in [0.25, 0.3) is 0 Å². The lowest BCUT2D eigenvalue weighted by molar-refractivity contribution is -0.113. The number of aryl methyl sites for hydroxylation is 1. The molecule has 1 N–H and O–H groups in total. The van der Waals surface area contributed by atoms with Gasteiger partial charge in [-0.1, -0.05) is 53.7 Å². The van der Waals surface area contributed by atoms with Gasteiger partial charge in [-0.05, 0) is 43.3 Å². The monoisotopic (exact) mass is 401 g/mol. The molecule has 29 heavy (non-hydrogen) atoms. The van der Waals surface area contributed by atoms with Crippen LogP contribution in [0.4, 0.5) is 5.69 Å². The van der Waals surface area contributed by atoms with Crippen LogP contribution in [0.5, 0.6) is 0 Å². The summed E-state index contributed by atoms with van der Waals surface area (Å²) in [7, 11) is 0. The standard InChI is InChI=1S/C22H19N5OS/c1-16-10-12-17(13-11-16)24-20(28)15-29-22-26-25-21(19-9-5-6-14-23-19)27(22)18-7-3-2-4-8-18/h2-14H,15H2,1H3,(H,24,28). The van der Waals surface area contributed by atoms with Crippen LogP contribution in [0.25, 0.3) is 17.2 Å². The van der Waals surface area contributed by atoms with E-state index < -0.39 is 0 Å². The predicted molar refractivity (Wildman–Crippen MR) is 115 cm³/mol. The van der Waals surface area contributed by atoms with Gasteiger partial charge in [0.15, 0.2) is 11.0 Å². The third kappa shape index (κ3) is 4.52. The average Bonchev–Trinajstić information content (AvgIpc) is 3.19. The summed E-state index contributed by atoms with van der Waals surface area (Å²) in [5.74, 6) is 0.764. The highest BCUT2D eigenvalue weighted by Gasteiger charge is 2.17. The van der Waals surface area contributed by atoms with Crippen LogP contribution in [0, 0.1) is 6.92 Å². The van der Waals surface area contributed by atoms with Gasteiger partial charge < -0.3 is 5.32 Å². The summed E-state index contributed by atoms with van der Waals surface area (Å²) in [5, 5.41) is 12.2. The summed E-state index contributed by atoms with van der Waals surface area (Å²) in [5.41, 5.74) is 3.56. The molecule has 0 atom stereocenters. The molecule has 0 saturated carbocycles. The maximum Gasteiger partial charge on any atom is 0.234 e. The van der Waals surface area contributed by atoms with Crippen molar-refractivity contribution < 1.29 is 4.79 Å². The van der Waals surface area contributed by atoms with E-state index in [1.54, 1.807) is 6.20 Å². The highest BCUT2D eigenvalue weighted by atomic mass is 32.2. The quantitative estimate of drug-likeness (QED) is 0.486. The van der Waals surface area contributed by atoms with Crippen molar-refractivity contribution in [1.29, 1.82) is 0 Å². The summed E-state index contributed by atoms with van der Waals surface area (Å²) in [6.07, 6.45) is 1.72. The largest absolute Gasteiger partial charge is 0.325 e. The van der Waals surface area contributed by atoms with E-state index in [1.165, 1.54) is 11.8 Å². The van der Waals surface area contributed by atoms with Crippen molar-refractivity contribution in [2.45, 2.75) is 12.1 Å². The second-order valence-electron chi connectivity index (χ2n) is 6.39. The molecule has 0 saturated heterocycles. The Morgan fingerprint density at radius 2 is 1.72 bits per heavy atom. The average molecular weight is 401 g/mol. The van der Waals surface area contributed by atoms with Crippen LogP contribution in [-0.2, 0) is 4.79 Å². The number of amides is 1. The van der Waals surface area contributed by atoms with Crippen molar-refractivity contribution in [2.24, 2.45) is 0 Å². The van der Waals surface area contributed by atoms with Gasteiger partial charge >= 0.3 is 0 Å². The molecule has 4 aromatic rings. The van der Waals surface area contributed by atoms with Crippen LogP contribution in [-0.4, -0.2) is 31.4 Å². The Balaban J connectivity index is 1.56. The zero-order valence-electron chi connectivity index (χ0n) is 15.8. The topological polar surface area (TPSA) is 72.7 Å². The van der Waals surface area contributed by atoms with E-state index in [4.69, 9.17) is 0 Å². The summed E-state index contributed by atoms with van der Waals surface area (Å²) >= 11 is 1.34. The smallest absolute Gasteiger partial charge is 0.234 e. The van der Waals surface area contributed by atoms with Gasteiger partial charge in [0.2, 0.25) is 5.91 Å². The Morgan fingerprint density at radius 1 is 0.966 bits per heavy atom.